The molecule has 1 N–H and O–H groups in total. The number of fused-ring (bicyclic) bond motifs is 1. The fraction of sp³-hybridized carbons (Fsp3) is 0.269. The summed E-state index contributed by atoms with van der Waals surface area (Å²) in [6, 6.07) is 15.0. The monoisotopic (exact) mass is 484 g/mol. The minimum atomic E-state index is -0.286. The highest BCUT2D eigenvalue weighted by molar-refractivity contribution is 7.17. The molecule has 0 unspecified atom stereocenters. The van der Waals surface area contributed by atoms with Crippen molar-refractivity contribution >= 4 is 33.4 Å². The molecule has 8 nitrogen and oxygen atoms in total. The van der Waals surface area contributed by atoms with Crippen molar-refractivity contribution in [1.82, 2.24) is 19.9 Å². The summed E-state index contributed by atoms with van der Waals surface area (Å²) >= 11 is 1.22. The molecule has 0 aliphatic carbocycles. The van der Waals surface area contributed by atoms with Gasteiger partial charge in [-0.2, -0.15) is 5.26 Å². The number of carbonyl (C=O) groups is 1. The number of nitrogens with zero attached hydrogens (tertiary/aromatic N) is 5. The van der Waals surface area contributed by atoms with Gasteiger partial charge in [-0.25, -0.2) is 4.98 Å². The van der Waals surface area contributed by atoms with Gasteiger partial charge in [-0.1, -0.05) is 24.3 Å². The molecule has 0 bridgehead atoms. The van der Waals surface area contributed by atoms with E-state index in [4.69, 9.17) is 4.98 Å². The zero-order valence-electron chi connectivity index (χ0n) is 19.1. The van der Waals surface area contributed by atoms with Crippen LogP contribution < -0.4 is 15.8 Å². The van der Waals surface area contributed by atoms with Crippen molar-refractivity contribution in [3.05, 3.63) is 86.8 Å². The second-order valence-corrected chi connectivity index (χ2v) is 9.33. The molecule has 1 aliphatic rings. The second kappa shape index (κ2) is 10.1. The number of aromatic nitrogens is 3. The molecule has 1 fully saturated rings. The third kappa shape index (κ3) is 4.66. The lowest BCUT2D eigenvalue weighted by Gasteiger charge is -2.29. The summed E-state index contributed by atoms with van der Waals surface area (Å²) in [6.07, 6.45) is 4.86. The van der Waals surface area contributed by atoms with Gasteiger partial charge in [-0.15, -0.1) is 11.3 Å². The van der Waals surface area contributed by atoms with Crippen LogP contribution in [-0.2, 0) is 13.1 Å². The average Bonchev–Trinajstić information content (AvgIpc) is 3.34. The maximum absolute atomic E-state index is 13.7. The zero-order valence-corrected chi connectivity index (χ0v) is 19.9. The number of piperidine rings is 1. The first-order chi connectivity index (χ1) is 17.2. The molecule has 1 amide bonds. The number of pyridine rings is 1. The number of benzene rings is 1. The lowest BCUT2D eigenvalue weighted by molar-refractivity contribution is 0.0952. The van der Waals surface area contributed by atoms with Crippen LogP contribution in [0.3, 0.4) is 0 Å². The summed E-state index contributed by atoms with van der Waals surface area (Å²) in [6.45, 7) is 2.13. The normalized spacial score (nSPS) is 13.5. The van der Waals surface area contributed by atoms with E-state index in [-0.39, 0.29) is 24.6 Å². The summed E-state index contributed by atoms with van der Waals surface area (Å²) in [5.41, 5.74) is 2.66. The largest absolute Gasteiger partial charge is 0.346 e. The van der Waals surface area contributed by atoms with Gasteiger partial charge < -0.3 is 10.2 Å². The number of hydrogen-bond donors (Lipinski definition) is 1. The molecule has 0 radical (unpaired) electrons. The van der Waals surface area contributed by atoms with E-state index in [9.17, 15) is 14.9 Å². The first kappa shape index (κ1) is 22.7. The van der Waals surface area contributed by atoms with Crippen molar-refractivity contribution in [1.29, 1.82) is 5.26 Å². The molecule has 4 aromatic rings. The van der Waals surface area contributed by atoms with Crippen LogP contribution in [-0.4, -0.2) is 33.5 Å². The third-order valence-corrected chi connectivity index (χ3v) is 7.12. The van der Waals surface area contributed by atoms with Gasteiger partial charge in [0, 0.05) is 24.7 Å². The number of carbonyl (C=O) groups excluding carboxylic acids is 1. The van der Waals surface area contributed by atoms with E-state index in [1.807, 2.05) is 36.4 Å². The van der Waals surface area contributed by atoms with E-state index in [1.54, 1.807) is 22.2 Å². The van der Waals surface area contributed by atoms with Crippen molar-refractivity contribution in [2.75, 3.05) is 18.0 Å². The van der Waals surface area contributed by atoms with Gasteiger partial charge >= 0.3 is 0 Å². The Morgan fingerprint density at radius 1 is 1.11 bits per heavy atom. The lowest BCUT2D eigenvalue weighted by atomic mass is 10.1. The van der Waals surface area contributed by atoms with E-state index >= 15 is 0 Å². The lowest BCUT2D eigenvalue weighted by Crippen LogP contribution is -2.36. The molecule has 1 aliphatic heterocycles. The standard InChI is InChI=1S/C26H24N6O2S/c27-14-18-8-2-3-9-19(18)16-32-25(34)23-22(30-26(32)31-12-6-1-7-13-31)21(17-35-23)24(33)29-15-20-10-4-5-11-28-20/h2-5,8-11,17H,1,6-7,12-13,15-16H2,(H,29,33). The fourth-order valence-corrected chi connectivity index (χ4v) is 5.27. The molecular formula is C26H24N6O2S. The SMILES string of the molecule is N#Cc1ccccc1Cn1c(N2CCCCC2)nc2c(C(=O)NCc3ccccn3)csc2c1=O. The van der Waals surface area contributed by atoms with Gasteiger partial charge in [0.1, 0.15) is 10.2 Å². The predicted molar refractivity (Wildman–Crippen MR) is 136 cm³/mol. The quantitative estimate of drug-likeness (QED) is 0.448. The van der Waals surface area contributed by atoms with Crippen molar-refractivity contribution < 1.29 is 4.79 Å². The summed E-state index contributed by atoms with van der Waals surface area (Å²) in [7, 11) is 0. The molecule has 3 aromatic heterocycles. The molecule has 1 aromatic carbocycles. The van der Waals surface area contributed by atoms with Gasteiger partial charge in [0.25, 0.3) is 11.5 Å². The van der Waals surface area contributed by atoms with Crippen LogP contribution in [0.25, 0.3) is 10.2 Å². The number of amides is 1. The van der Waals surface area contributed by atoms with E-state index < -0.39 is 0 Å². The summed E-state index contributed by atoms with van der Waals surface area (Å²) < 4.78 is 2.08. The molecule has 0 saturated carbocycles. The highest BCUT2D eigenvalue weighted by atomic mass is 32.1. The molecule has 35 heavy (non-hydrogen) atoms. The first-order valence-electron chi connectivity index (χ1n) is 11.6. The summed E-state index contributed by atoms with van der Waals surface area (Å²) in [5.74, 6) is 0.262. The first-order valence-corrected chi connectivity index (χ1v) is 12.5. The number of nitriles is 1. The van der Waals surface area contributed by atoms with Gasteiger partial charge in [0.05, 0.1) is 36.0 Å². The maximum Gasteiger partial charge on any atom is 0.273 e. The van der Waals surface area contributed by atoms with E-state index in [1.165, 1.54) is 11.3 Å². The molecule has 0 atom stereocenters. The van der Waals surface area contributed by atoms with Gasteiger partial charge in [0.2, 0.25) is 5.95 Å². The molecule has 176 valence electrons. The van der Waals surface area contributed by atoms with Crippen molar-refractivity contribution in [2.24, 2.45) is 0 Å². The summed E-state index contributed by atoms with van der Waals surface area (Å²) in [4.78, 5) is 38.0. The maximum atomic E-state index is 13.7. The Labute approximate surface area is 206 Å². The Morgan fingerprint density at radius 3 is 2.69 bits per heavy atom. The molecular weight excluding hydrogens is 460 g/mol. The predicted octanol–water partition coefficient (Wildman–Crippen LogP) is 3.69. The van der Waals surface area contributed by atoms with Gasteiger partial charge in [-0.05, 0) is 43.0 Å². The number of hydrogen-bond acceptors (Lipinski definition) is 7. The number of anilines is 1. The van der Waals surface area contributed by atoms with E-state index in [0.29, 0.717) is 27.3 Å². The average molecular weight is 485 g/mol. The van der Waals surface area contributed by atoms with Crippen LogP contribution in [0.15, 0.2) is 58.8 Å². The molecule has 0 spiro atoms. The van der Waals surface area contributed by atoms with E-state index in [0.717, 1.165) is 43.6 Å². The third-order valence-electron chi connectivity index (χ3n) is 6.16. The number of thiophene rings is 1. The fourth-order valence-electron chi connectivity index (χ4n) is 4.33. The topological polar surface area (TPSA) is 104 Å². The van der Waals surface area contributed by atoms with E-state index in [2.05, 4.69) is 21.3 Å². The van der Waals surface area contributed by atoms with Crippen LogP contribution >= 0.6 is 11.3 Å². The van der Waals surface area contributed by atoms with Crippen LogP contribution in [0.2, 0.25) is 0 Å². The number of rotatable bonds is 6. The Hall–Kier alpha value is -4.03. The van der Waals surface area contributed by atoms with Crippen LogP contribution in [0, 0.1) is 11.3 Å². The van der Waals surface area contributed by atoms with Crippen molar-refractivity contribution in [2.45, 2.75) is 32.4 Å². The highest BCUT2D eigenvalue weighted by Crippen LogP contribution is 2.26. The van der Waals surface area contributed by atoms with Gasteiger partial charge in [-0.3, -0.25) is 19.1 Å². The minimum absolute atomic E-state index is 0.197. The molecule has 1 saturated heterocycles. The molecule has 5 rings (SSSR count). The van der Waals surface area contributed by atoms with Crippen LogP contribution in [0.5, 0.6) is 0 Å². The molecule has 9 heteroatoms. The minimum Gasteiger partial charge on any atom is -0.346 e. The zero-order chi connectivity index (χ0) is 24.2. The number of nitrogens with one attached hydrogen (secondary N) is 1. The van der Waals surface area contributed by atoms with Crippen LogP contribution in [0.1, 0.15) is 46.4 Å². The summed E-state index contributed by atoms with van der Waals surface area (Å²) in [5, 5.41) is 14.1. The van der Waals surface area contributed by atoms with Crippen molar-refractivity contribution in [3.8, 4) is 6.07 Å². The Bertz CT molecular complexity index is 1460. The second-order valence-electron chi connectivity index (χ2n) is 8.45. The Morgan fingerprint density at radius 2 is 1.91 bits per heavy atom. The smallest absolute Gasteiger partial charge is 0.273 e. The Kier molecular flexibility index (Phi) is 6.55. The van der Waals surface area contributed by atoms with Crippen molar-refractivity contribution in [3.63, 3.8) is 0 Å². The highest BCUT2D eigenvalue weighted by Gasteiger charge is 2.24. The molecule has 4 heterocycles. The van der Waals surface area contributed by atoms with Gasteiger partial charge in [0.15, 0.2) is 0 Å². The van der Waals surface area contributed by atoms with Crippen LogP contribution in [0.4, 0.5) is 5.95 Å². The Balaban J connectivity index is 1.56.